The van der Waals surface area contributed by atoms with Crippen LogP contribution in [0.3, 0.4) is 0 Å². The fourth-order valence-corrected chi connectivity index (χ4v) is 3.90. The zero-order valence-corrected chi connectivity index (χ0v) is 14.0. The van der Waals surface area contributed by atoms with E-state index in [1.807, 2.05) is 0 Å². The van der Waals surface area contributed by atoms with Crippen LogP contribution in [0.4, 0.5) is 27.6 Å². The average Bonchev–Trinajstić information content (AvgIpc) is 2.92. The van der Waals surface area contributed by atoms with Crippen LogP contribution in [-0.2, 0) is 11.5 Å². The summed E-state index contributed by atoms with van der Waals surface area (Å²) < 4.78 is 76.7. The molecule has 0 aliphatic heterocycles. The Labute approximate surface area is 154 Å². The molecule has 0 radical (unpaired) electrons. The molecule has 0 aromatic heterocycles. The Kier molecular flexibility index (Phi) is 3.56. The number of hydrogen-bond donors (Lipinski definition) is 1. The Morgan fingerprint density at radius 1 is 1.19 bits per heavy atom. The number of rotatable bonds is 2. The van der Waals surface area contributed by atoms with Gasteiger partial charge in [0.25, 0.3) is 0 Å². The van der Waals surface area contributed by atoms with E-state index in [0.29, 0.717) is 6.07 Å². The minimum Gasteiger partial charge on any atom is -0.458 e. The van der Waals surface area contributed by atoms with Crippen LogP contribution in [0.15, 0.2) is 30.3 Å². The summed E-state index contributed by atoms with van der Waals surface area (Å²) in [5.41, 5.74) is -5.71. The summed E-state index contributed by atoms with van der Waals surface area (Å²) in [4.78, 5) is 3.18. The van der Waals surface area contributed by atoms with Gasteiger partial charge in [0.05, 0.1) is 6.57 Å². The smallest absolute Gasteiger partial charge is 0.346 e. The molecule has 4 rings (SSSR count). The number of ether oxygens (including phenoxy) is 1. The SMILES string of the molecule is [C-]#[N+]c1cc(Cl)cc(Oc2ccc3c4c2[C@@H](F)C[C@]4(O)C(F)(F)C3(F)F)c1. The molecule has 0 bridgehead atoms. The maximum absolute atomic E-state index is 14.5. The van der Waals surface area contributed by atoms with E-state index in [9.17, 15) is 27.1 Å². The molecule has 2 atom stereocenters. The van der Waals surface area contributed by atoms with Gasteiger partial charge >= 0.3 is 11.8 Å². The molecule has 27 heavy (non-hydrogen) atoms. The molecule has 2 aliphatic carbocycles. The van der Waals surface area contributed by atoms with Crippen LogP contribution >= 0.6 is 11.6 Å². The monoisotopic (exact) mass is 401 g/mol. The van der Waals surface area contributed by atoms with E-state index in [-0.39, 0.29) is 22.2 Å². The largest absolute Gasteiger partial charge is 0.458 e. The van der Waals surface area contributed by atoms with Gasteiger partial charge in [0.15, 0.2) is 11.3 Å². The van der Waals surface area contributed by atoms with E-state index < -0.39 is 46.7 Å². The van der Waals surface area contributed by atoms with Crippen molar-refractivity contribution in [2.45, 2.75) is 30.0 Å². The Morgan fingerprint density at radius 3 is 2.56 bits per heavy atom. The fraction of sp³-hybridized carbons (Fsp3) is 0.278. The minimum atomic E-state index is -4.86. The van der Waals surface area contributed by atoms with Gasteiger partial charge in [-0.05, 0) is 30.3 Å². The van der Waals surface area contributed by atoms with E-state index in [1.165, 1.54) is 18.2 Å². The van der Waals surface area contributed by atoms with Gasteiger partial charge in [-0.1, -0.05) is 11.6 Å². The molecule has 2 aromatic carbocycles. The highest BCUT2D eigenvalue weighted by molar-refractivity contribution is 6.31. The lowest BCUT2D eigenvalue weighted by molar-refractivity contribution is -0.287. The van der Waals surface area contributed by atoms with Crippen molar-refractivity contribution in [3.63, 3.8) is 0 Å². The second kappa shape index (κ2) is 5.33. The molecular formula is C18H9ClF5NO2. The maximum atomic E-state index is 14.5. The molecule has 0 heterocycles. The molecule has 2 aromatic rings. The number of halogens is 6. The molecule has 0 saturated heterocycles. The summed E-state index contributed by atoms with van der Waals surface area (Å²) in [6.07, 6.45) is -3.33. The van der Waals surface area contributed by atoms with Gasteiger partial charge in [-0.3, -0.25) is 0 Å². The zero-order valence-electron chi connectivity index (χ0n) is 13.2. The predicted molar refractivity (Wildman–Crippen MR) is 85.4 cm³/mol. The molecule has 0 unspecified atom stereocenters. The molecule has 0 fully saturated rings. The summed E-state index contributed by atoms with van der Waals surface area (Å²) in [5.74, 6) is -9.80. The summed E-state index contributed by atoms with van der Waals surface area (Å²) in [6, 6.07) is 5.56. The Bertz CT molecular complexity index is 1020. The van der Waals surface area contributed by atoms with E-state index in [2.05, 4.69) is 4.85 Å². The molecule has 0 amide bonds. The van der Waals surface area contributed by atoms with Crippen molar-refractivity contribution < 1.29 is 31.8 Å². The van der Waals surface area contributed by atoms with Crippen molar-refractivity contribution in [1.29, 1.82) is 0 Å². The van der Waals surface area contributed by atoms with Crippen LogP contribution in [0.1, 0.15) is 29.3 Å². The van der Waals surface area contributed by atoms with Crippen molar-refractivity contribution in [3.05, 3.63) is 63.5 Å². The fourth-order valence-electron chi connectivity index (χ4n) is 3.68. The van der Waals surface area contributed by atoms with Crippen molar-refractivity contribution in [2.24, 2.45) is 0 Å². The summed E-state index contributed by atoms with van der Waals surface area (Å²) in [5, 5.41) is 10.4. The molecule has 0 spiro atoms. The summed E-state index contributed by atoms with van der Waals surface area (Å²) >= 11 is 5.86. The van der Waals surface area contributed by atoms with Gasteiger partial charge in [-0.15, -0.1) is 0 Å². The van der Waals surface area contributed by atoms with Crippen molar-refractivity contribution >= 4 is 17.3 Å². The molecular weight excluding hydrogens is 393 g/mol. The van der Waals surface area contributed by atoms with E-state index in [1.54, 1.807) is 0 Å². The highest BCUT2D eigenvalue weighted by Crippen LogP contribution is 2.68. The standard InChI is InChI=1S/C18H9ClF5NO2/c1-25-9-4-8(19)5-10(6-9)27-13-3-2-11-15-14(13)12(20)7-16(15,26)18(23,24)17(11,21)22/h2-6,12,26H,7H2/t12-,16+/m0/s1. The highest BCUT2D eigenvalue weighted by Gasteiger charge is 2.79. The van der Waals surface area contributed by atoms with Gasteiger partial charge in [-0.2, -0.15) is 17.6 Å². The van der Waals surface area contributed by atoms with Crippen LogP contribution in [0.25, 0.3) is 4.85 Å². The van der Waals surface area contributed by atoms with Crippen molar-refractivity contribution in [1.82, 2.24) is 0 Å². The number of aliphatic hydroxyl groups is 1. The second-order valence-electron chi connectivity index (χ2n) is 6.44. The molecule has 0 saturated carbocycles. The lowest BCUT2D eigenvalue weighted by Gasteiger charge is -2.30. The second-order valence-corrected chi connectivity index (χ2v) is 6.88. The van der Waals surface area contributed by atoms with Gasteiger partial charge in [0.1, 0.15) is 17.7 Å². The van der Waals surface area contributed by atoms with Crippen LogP contribution in [0.2, 0.25) is 5.02 Å². The maximum Gasteiger partial charge on any atom is 0.346 e. The normalized spacial score (nSPS) is 26.5. The van der Waals surface area contributed by atoms with Crippen LogP contribution < -0.4 is 4.74 Å². The van der Waals surface area contributed by atoms with E-state index in [4.69, 9.17) is 22.9 Å². The average molecular weight is 402 g/mol. The Morgan fingerprint density at radius 2 is 1.89 bits per heavy atom. The molecule has 9 heteroatoms. The van der Waals surface area contributed by atoms with E-state index >= 15 is 0 Å². The topological polar surface area (TPSA) is 33.8 Å². The third-order valence-corrected chi connectivity index (χ3v) is 5.09. The Balaban J connectivity index is 1.89. The zero-order chi connectivity index (χ0) is 19.8. The first kappa shape index (κ1) is 18.0. The minimum absolute atomic E-state index is 0.00357. The Hall–Kier alpha value is -2.37. The molecule has 1 N–H and O–H groups in total. The predicted octanol–water partition coefficient (Wildman–Crippen LogP) is 6.03. The van der Waals surface area contributed by atoms with Crippen LogP contribution in [0, 0.1) is 6.57 Å². The quantitative estimate of drug-likeness (QED) is 0.492. The number of alkyl halides is 5. The third kappa shape index (κ3) is 2.15. The van der Waals surface area contributed by atoms with Gasteiger partial charge < -0.3 is 9.84 Å². The van der Waals surface area contributed by atoms with E-state index in [0.717, 1.165) is 6.07 Å². The molecule has 140 valence electrons. The van der Waals surface area contributed by atoms with Crippen LogP contribution in [-0.4, -0.2) is 11.0 Å². The molecule has 2 aliphatic rings. The lowest BCUT2D eigenvalue weighted by atomic mass is 9.95. The first-order valence-corrected chi connectivity index (χ1v) is 8.06. The van der Waals surface area contributed by atoms with Crippen LogP contribution in [0.5, 0.6) is 11.5 Å². The van der Waals surface area contributed by atoms with Gasteiger partial charge in [0, 0.05) is 28.1 Å². The highest BCUT2D eigenvalue weighted by atomic mass is 35.5. The number of benzene rings is 2. The van der Waals surface area contributed by atoms with Crippen molar-refractivity contribution in [2.75, 3.05) is 0 Å². The summed E-state index contributed by atoms with van der Waals surface area (Å²) in [7, 11) is 0. The van der Waals surface area contributed by atoms with Crippen molar-refractivity contribution in [3.8, 4) is 11.5 Å². The third-order valence-electron chi connectivity index (χ3n) is 4.87. The number of hydrogen-bond acceptors (Lipinski definition) is 2. The first-order chi connectivity index (χ1) is 12.5. The first-order valence-electron chi connectivity index (χ1n) is 7.69. The lowest BCUT2D eigenvalue weighted by Crippen LogP contribution is -2.48. The summed E-state index contributed by atoms with van der Waals surface area (Å²) in [6.45, 7) is 7.00. The number of nitrogens with zero attached hydrogens (tertiary/aromatic N) is 1. The molecule has 3 nitrogen and oxygen atoms in total. The van der Waals surface area contributed by atoms with Gasteiger partial charge in [0.2, 0.25) is 0 Å². The van der Waals surface area contributed by atoms with Gasteiger partial charge in [-0.25, -0.2) is 9.24 Å².